The molecule has 0 aliphatic heterocycles. The van der Waals surface area contributed by atoms with Gasteiger partial charge in [-0.2, -0.15) is 8.42 Å². The maximum atomic E-state index is 12.7. The van der Waals surface area contributed by atoms with Crippen LogP contribution in [0, 0.1) is 0 Å². The fourth-order valence-corrected chi connectivity index (χ4v) is 4.83. The minimum Gasteiger partial charge on any atom is -0.289 e. The van der Waals surface area contributed by atoms with E-state index in [-0.39, 0.29) is 15.2 Å². The van der Waals surface area contributed by atoms with Crippen molar-refractivity contribution in [3.8, 4) is 11.1 Å². The van der Waals surface area contributed by atoms with Crippen LogP contribution >= 0.6 is 15.9 Å². The van der Waals surface area contributed by atoms with Gasteiger partial charge in [0, 0.05) is 26.5 Å². The molecule has 3 aromatic carbocycles. The molecule has 0 unspecified atom stereocenters. The molecule has 23 heavy (non-hydrogen) atoms. The molecule has 0 radical (unpaired) electrons. The van der Waals surface area contributed by atoms with Gasteiger partial charge < -0.3 is 0 Å². The fourth-order valence-electron chi connectivity index (χ4n) is 3.08. The van der Waals surface area contributed by atoms with E-state index in [0.29, 0.717) is 33.0 Å². The molecule has 114 valence electrons. The fraction of sp³-hybridized carbons (Fsp3) is 0. The maximum absolute atomic E-state index is 12.7. The SMILES string of the molecule is O=C1c2ccccc2-c2c(Br)c(S(=O)(=O)O)cc3cccc1c23. The first kappa shape index (κ1) is 14.6. The summed E-state index contributed by atoms with van der Waals surface area (Å²) in [6, 6.07) is 13.6. The number of carbonyl (C=O) groups excluding carboxylic acids is 1. The molecule has 6 heteroatoms. The quantitative estimate of drug-likeness (QED) is 0.499. The zero-order chi connectivity index (χ0) is 16.4. The van der Waals surface area contributed by atoms with E-state index in [1.54, 1.807) is 42.5 Å². The van der Waals surface area contributed by atoms with Crippen molar-refractivity contribution in [3.05, 3.63) is 64.1 Å². The lowest BCUT2D eigenvalue weighted by Crippen LogP contribution is -2.11. The van der Waals surface area contributed by atoms with E-state index < -0.39 is 10.1 Å². The smallest absolute Gasteiger partial charge is 0.289 e. The third kappa shape index (κ3) is 1.99. The highest BCUT2D eigenvalue weighted by Gasteiger charge is 2.29. The van der Waals surface area contributed by atoms with Gasteiger partial charge in [-0.3, -0.25) is 9.35 Å². The third-order valence-electron chi connectivity index (χ3n) is 4.03. The van der Waals surface area contributed by atoms with Crippen LogP contribution in [0.4, 0.5) is 0 Å². The Kier molecular flexibility index (Phi) is 3.00. The first-order valence-corrected chi connectivity index (χ1v) is 8.99. The van der Waals surface area contributed by atoms with Gasteiger partial charge in [0.1, 0.15) is 4.90 Å². The molecule has 1 aliphatic carbocycles. The van der Waals surface area contributed by atoms with Crippen molar-refractivity contribution in [1.82, 2.24) is 0 Å². The summed E-state index contributed by atoms with van der Waals surface area (Å²) in [5.74, 6) is -0.0924. The van der Waals surface area contributed by atoms with Gasteiger partial charge in [-0.15, -0.1) is 0 Å². The Morgan fingerprint density at radius 1 is 0.913 bits per heavy atom. The van der Waals surface area contributed by atoms with Crippen LogP contribution in [0.25, 0.3) is 21.9 Å². The third-order valence-corrected chi connectivity index (χ3v) is 6.00. The number of halogens is 1. The van der Waals surface area contributed by atoms with Crippen LogP contribution in [0.3, 0.4) is 0 Å². The van der Waals surface area contributed by atoms with Crippen molar-refractivity contribution in [1.29, 1.82) is 0 Å². The number of hydrogen-bond acceptors (Lipinski definition) is 3. The van der Waals surface area contributed by atoms with E-state index in [1.807, 2.05) is 0 Å². The van der Waals surface area contributed by atoms with Crippen molar-refractivity contribution in [2.45, 2.75) is 4.90 Å². The number of benzene rings is 3. The zero-order valence-electron chi connectivity index (χ0n) is 11.6. The summed E-state index contributed by atoms with van der Waals surface area (Å²) in [6.07, 6.45) is 0. The number of fused-ring (bicyclic) bond motifs is 2. The molecule has 0 amide bonds. The predicted octanol–water partition coefficient (Wildman–Crippen LogP) is 4.06. The highest BCUT2D eigenvalue weighted by atomic mass is 79.9. The van der Waals surface area contributed by atoms with E-state index in [9.17, 15) is 17.8 Å². The van der Waals surface area contributed by atoms with E-state index in [0.717, 1.165) is 0 Å². The summed E-state index contributed by atoms with van der Waals surface area (Å²) in [7, 11) is -4.39. The summed E-state index contributed by atoms with van der Waals surface area (Å²) in [5, 5.41) is 1.28. The zero-order valence-corrected chi connectivity index (χ0v) is 14.0. The minimum atomic E-state index is -4.39. The molecule has 4 nitrogen and oxygen atoms in total. The molecule has 0 fully saturated rings. The molecule has 0 atom stereocenters. The predicted molar refractivity (Wildman–Crippen MR) is 90.3 cm³/mol. The lowest BCUT2D eigenvalue weighted by atomic mass is 9.83. The first-order valence-electron chi connectivity index (χ1n) is 6.76. The topological polar surface area (TPSA) is 71.4 Å². The van der Waals surface area contributed by atoms with Gasteiger partial charge in [0.15, 0.2) is 5.78 Å². The lowest BCUT2D eigenvalue weighted by molar-refractivity contribution is 0.104. The van der Waals surface area contributed by atoms with E-state index in [4.69, 9.17) is 0 Å². The minimum absolute atomic E-state index is 0.0924. The van der Waals surface area contributed by atoms with Crippen molar-refractivity contribution in [3.63, 3.8) is 0 Å². The van der Waals surface area contributed by atoms with Gasteiger partial charge in [0.2, 0.25) is 0 Å². The second-order valence-corrected chi connectivity index (χ2v) is 7.50. The molecule has 1 aliphatic rings. The molecule has 0 spiro atoms. The summed E-state index contributed by atoms with van der Waals surface area (Å²) in [4.78, 5) is 12.5. The average molecular weight is 389 g/mol. The molecular formula is C17H9BrO4S. The van der Waals surface area contributed by atoms with E-state index in [2.05, 4.69) is 15.9 Å². The van der Waals surface area contributed by atoms with E-state index >= 15 is 0 Å². The Hall–Kier alpha value is -2.02. The van der Waals surface area contributed by atoms with Gasteiger partial charge >= 0.3 is 0 Å². The molecule has 0 saturated carbocycles. The van der Waals surface area contributed by atoms with Crippen LogP contribution in [-0.4, -0.2) is 18.8 Å². The highest BCUT2D eigenvalue weighted by Crippen LogP contribution is 2.45. The standard InChI is InChI=1S/C17H9BrO4S/c18-16-13(23(20,21)22)8-9-4-3-7-12-14(9)15(16)10-5-1-2-6-11(10)17(12)19/h1-8H,(H,20,21,22). The Morgan fingerprint density at radius 2 is 1.57 bits per heavy atom. The van der Waals surface area contributed by atoms with Crippen molar-refractivity contribution >= 4 is 42.6 Å². The van der Waals surface area contributed by atoms with Crippen molar-refractivity contribution < 1.29 is 17.8 Å². The second kappa shape index (κ2) is 4.74. The largest absolute Gasteiger partial charge is 0.295 e. The van der Waals surface area contributed by atoms with Crippen molar-refractivity contribution in [2.24, 2.45) is 0 Å². The second-order valence-electron chi connectivity index (χ2n) is 5.32. The van der Waals surface area contributed by atoms with Crippen LogP contribution in [0.15, 0.2) is 57.9 Å². The number of hydrogen-bond donors (Lipinski definition) is 1. The Labute approximate surface area is 140 Å². The highest BCUT2D eigenvalue weighted by molar-refractivity contribution is 9.10. The number of ketones is 1. The normalized spacial score (nSPS) is 13.2. The maximum Gasteiger partial charge on any atom is 0.295 e. The van der Waals surface area contributed by atoms with Crippen molar-refractivity contribution in [2.75, 3.05) is 0 Å². The van der Waals surface area contributed by atoms with Gasteiger partial charge in [0.05, 0.1) is 0 Å². The Balaban J connectivity index is 2.31. The summed E-state index contributed by atoms with van der Waals surface area (Å²) >= 11 is 3.31. The molecule has 0 bridgehead atoms. The molecule has 1 N–H and O–H groups in total. The summed E-state index contributed by atoms with van der Waals surface area (Å²) in [5.41, 5.74) is 2.30. The Morgan fingerprint density at radius 3 is 2.26 bits per heavy atom. The number of rotatable bonds is 1. The molecule has 0 saturated heterocycles. The molecule has 0 heterocycles. The Bertz CT molecular complexity index is 1120. The summed E-state index contributed by atoms with van der Waals surface area (Å²) < 4.78 is 33.2. The lowest BCUT2D eigenvalue weighted by Gasteiger charge is -2.22. The molecule has 4 rings (SSSR count). The van der Waals surface area contributed by atoms with Gasteiger partial charge in [-0.25, -0.2) is 0 Å². The molecular weight excluding hydrogens is 380 g/mol. The van der Waals surface area contributed by atoms with Gasteiger partial charge in [0.25, 0.3) is 10.1 Å². The van der Waals surface area contributed by atoms with E-state index in [1.165, 1.54) is 6.07 Å². The molecule has 0 aromatic heterocycles. The van der Waals surface area contributed by atoms with Crippen LogP contribution in [0.5, 0.6) is 0 Å². The average Bonchev–Trinajstić information content (AvgIpc) is 2.52. The summed E-state index contributed by atoms with van der Waals surface area (Å²) in [6.45, 7) is 0. The first-order chi connectivity index (χ1) is 10.9. The van der Waals surface area contributed by atoms with Crippen LogP contribution < -0.4 is 0 Å². The monoisotopic (exact) mass is 388 g/mol. The van der Waals surface area contributed by atoms with Gasteiger partial charge in [-0.1, -0.05) is 42.5 Å². The molecule has 3 aromatic rings. The number of carbonyl (C=O) groups is 1. The van der Waals surface area contributed by atoms with Crippen LogP contribution in [0.2, 0.25) is 0 Å². The van der Waals surface area contributed by atoms with Crippen LogP contribution in [0.1, 0.15) is 15.9 Å². The van der Waals surface area contributed by atoms with Crippen LogP contribution in [-0.2, 0) is 10.1 Å². The van der Waals surface area contributed by atoms with Gasteiger partial charge in [-0.05, 0) is 32.9 Å².